The fraction of sp³-hybridized carbons (Fsp3) is 0.345. The van der Waals surface area contributed by atoms with E-state index in [0.29, 0.717) is 17.3 Å². The molecule has 0 saturated carbocycles. The summed E-state index contributed by atoms with van der Waals surface area (Å²) in [6, 6.07) is 20.7. The minimum absolute atomic E-state index is 0.0542. The molecule has 1 unspecified atom stereocenters. The van der Waals surface area contributed by atoms with Gasteiger partial charge in [0.25, 0.3) is 5.56 Å². The number of likely N-dealkylation sites (N-methyl/N-ethyl adjacent to an activating group) is 1. The summed E-state index contributed by atoms with van der Waals surface area (Å²) in [5, 5.41) is 7.61. The van der Waals surface area contributed by atoms with E-state index in [-0.39, 0.29) is 11.6 Å². The summed E-state index contributed by atoms with van der Waals surface area (Å²) in [4.78, 5) is 29.8. The van der Waals surface area contributed by atoms with Gasteiger partial charge in [-0.15, -0.1) is 0 Å². The van der Waals surface area contributed by atoms with E-state index in [0.717, 1.165) is 56.9 Å². The summed E-state index contributed by atoms with van der Waals surface area (Å²) in [6.45, 7) is 6.60. The summed E-state index contributed by atoms with van der Waals surface area (Å²) in [7, 11) is 3.95. The maximum Gasteiger partial charge on any atom is 0.275 e. The average molecular weight is 511 g/mol. The second-order valence-electron chi connectivity index (χ2n) is 10.2. The van der Waals surface area contributed by atoms with Crippen LogP contribution in [0.5, 0.6) is 0 Å². The quantitative estimate of drug-likeness (QED) is 0.424. The highest BCUT2D eigenvalue weighted by atomic mass is 16.1. The first kappa shape index (κ1) is 24.4. The molecule has 4 aromatic rings. The van der Waals surface area contributed by atoms with Gasteiger partial charge >= 0.3 is 0 Å². The van der Waals surface area contributed by atoms with E-state index in [9.17, 15) is 4.79 Å². The lowest BCUT2D eigenvalue weighted by atomic mass is 10.0. The lowest BCUT2D eigenvalue weighted by Crippen LogP contribution is -2.48. The number of benzene rings is 2. The number of hydrogen-bond donors (Lipinski definition) is 2. The molecule has 9 nitrogen and oxygen atoms in total. The zero-order chi connectivity index (χ0) is 26.1. The molecule has 1 atom stereocenters. The van der Waals surface area contributed by atoms with Crippen LogP contribution in [-0.4, -0.2) is 72.3 Å². The number of nitrogens with zero attached hydrogens (tertiary/aromatic N) is 6. The van der Waals surface area contributed by atoms with Crippen LogP contribution < -0.4 is 26.0 Å². The molecule has 38 heavy (non-hydrogen) atoms. The van der Waals surface area contributed by atoms with Gasteiger partial charge in [0.05, 0.1) is 6.04 Å². The highest BCUT2D eigenvalue weighted by molar-refractivity contribution is 5.80. The van der Waals surface area contributed by atoms with Gasteiger partial charge in [-0.2, -0.15) is 4.98 Å². The molecular weight excluding hydrogens is 476 g/mol. The smallest absolute Gasteiger partial charge is 0.275 e. The molecule has 9 heteroatoms. The Bertz CT molecular complexity index is 1460. The first-order chi connectivity index (χ1) is 18.6. The SMILES string of the molecule is CN1CCN(c2ccc(Nc3ncc4cc(N5CCNCC5c5ccccc5)c(=O)n(C)c4n3)cc2)CC1. The number of piperazine rings is 2. The zero-order valence-electron chi connectivity index (χ0n) is 22.0. The van der Waals surface area contributed by atoms with E-state index in [4.69, 9.17) is 4.98 Å². The second-order valence-corrected chi connectivity index (χ2v) is 10.2. The minimum atomic E-state index is -0.0542. The number of anilines is 4. The normalized spacial score (nSPS) is 18.6. The largest absolute Gasteiger partial charge is 0.369 e. The summed E-state index contributed by atoms with van der Waals surface area (Å²) >= 11 is 0. The lowest BCUT2D eigenvalue weighted by Gasteiger charge is -2.38. The van der Waals surface area contributed by atoms with E-state index >= 15 is 0 Å². The fourth-order valence-corrected chi connectivity index (χ4v) is 5.41. The molecule has 2 fully saturated rings. The van der Waals surface area contributed by atoms with Crippen molar-refractivity contribution < 1.29 is 0 Å². The van der Waals surface area contributed by atoms with Gasteiger partial charge in [-0.05, 0) is 42.9 Å². The van der Waals surface area contributed by atoms with Crippen molar-refractivity contribution in [1.29, 1.82) is 0 Å². The summed E-state index contributed by atoms with van der Waals surface area (Å²) in [5.74, 6) is 0.469. The predicted molar refractivity (Wildman–Crippen MR) is 154 cm³/mol. The highest BCUT2D eigenvalue weighted by Gasteiger charge is 2.27. The van der Waals surface area contributed by atoms with E-state index in [1.165, 1.54) is 11.3 Å². The third kappa shape index (κ3) is 4.82. The van der Waals surface area contributed by atoms with Crippen LogP contribution in [0.1, 0.15) is 11.6 Å². The van der Waals surface area contributed by atoms with Crippen molar-refractivity contribution in [2.75, 3.05) is 68.0 Å². The molecule has 0 aliphatic carbocycles. The van der Waals surface area contributed by atoms with Crippen LogP contribution in [0.3, 0.4) is 0 Å². The second kappa shape index (κ2) is 10.4. The van der Waals surface area contributed by atoms with Crippen molar-refractivity contribution in [1.82, 2.24) is 24.8 Å². The van der Waals surface area contributed by atoms with E-state index in [1.54, 1.807) is 17.8 Å². The van der Waals surface area contributed by atoms with Crippen molar-refractivity contribution in [3.05, 3.63) is 82.8 Å². The highest BCUT2D eigenvalue weighted by Crippen LogP contribution is 2.28. The Morgan fingerprint density at radius 2 is 1.71 bits per heavy atom. The lowest BCUT2D eigenvalue weighted by molar-refractivity contribution is 0.313. The van der Waals surface area contributed by atoms with Crippen molar-refractivity contribution in [2.45, 2.75) is 6.04 Å². The van der Waals surface area contributed by atoms with E-state index < -0.39 is 0 Å². The third-order valence-electron chi connectivity index (χ3n) is 7.66. The standard InChI is InChI=1S/C29H34N8O/c1-34-14-16-36(17-15-34)24-10-8-23(9-11-24)32-29-31-19-22-18-25(28(38)35(2)27(22)33-29)37-13-12-30-20-26(37)21-6-4-3-5-7-21/h3-11,18-19,26,30H,12-17,20H2,1-2H3,(H,31,32,33). The molecule has 0 spiro atoms. The molecular formula is C29H34N8O. The molecule has 0 bridgehead atoms. The van der Waals surface area contributed by atoms with Gasteiger partial charge in [-0.1, -0.05) is 30.3 Å². The number of aryl methyl sites for hydroxylation is 1. The molecule has 0 amide bonds. The van der Waals surface area contributed by atoms with E-state index in [1.807, 2.05) is 24.3 Å². The number of pyridine rings is 1. The molecule has 196 valence electrons. The van der Waals surface area contributed by atoms with Crippen LogP contribution in [0.25, 0.3) is 11.0 Å². The predicted octanol–water partition coefficient (Wildman–Crippen LogP) is 2.97. The Kier molecular flexibility index (Phi) is 6.70. The van der Waals surface area contributed by atoms with Gasteiger partial charge in [-0.25, -0.2) is 4.98 Å². The summed E-state index contributed by atoms with van der Waals surface area (Å²) < 4.78 is 1.64. The first-order valence-electron chi connectivity index (χ1n) is 13.3. The zero-order valence-corrected chi connectivity index (χ0v) is 22.0. The monoisotopic (exact) mass is 510 g/mol. The van der Waals surface area contributed by atoms with Crippen LogP contribution in [0.2, 0.25) is 0 Å². The number of aromatic nitrogens is 3. The van der Waals surface area contributed by atoms with Crippen LogP contribution in [0, 0.1) is 0 Å². The van der Waals surface area contributed by atoms with Gasteiger partial charge < -0.3 is 25.3 Å². The van der Waals surface area contributed by atoms with Crippen LogP contribution >= 0.6 is 0 Å². The Morgan fingerprint density at radius 1 is 0.947 bits per heavy atom. The molecule has 4 heterocycles. The molecule has 2 N–H and O–H groups in total. The maximum absolute atomic E-state index is 13.5. The molecule has 2 saturated heterocycles. The first-order valence-corrected chi connectivity index (χ1v) is 13.3. The molecule has 6 rings (SSSR count). The Balaban J connectivity index is 1.25. The van der Waals surface area contributed by atoms with Crippen LogP contribution in [0.15, 0.2) is 71.7 Å². The number of rotatable bonds is 5. The maximum atomic E-state index is 13.5. The Labute approximate surface area is 222 Å². The molecule has 2 aromatic carbocycles. The van der Waals surface area contributed by atoms with Crippen molar-refractivity contribution in [3.8, 4) is 0 Å². The molecule has 2 aromatic heterocycles. The number of nitrogens with one attached hydrogen (secondary N) is 2. The molecule has 0 radical (unpaired) electrons. The number of fused-ring (bicyclic) bond motifs is 1. The van der Waals surface area contributed by atoms with Gasteiger partial charge in [0.1, 0.15) is 11.3 Å². The fourth-order valence-electron chi connectivity index (χ4n) is 5.41. The Hall–Kier alpha value is -3.95. The van der Waals surface area contributed by atoms with Gasteiger partial charge in [-0.3, -0.25) is 9.36 Å². The summed E-state index contributed by atoms with van der Waals surface area (Å²) in [6.07, 6.45) is 1.80. The molecule has 2 aliphatic heterocycles. The van der Waals surface area contributed by atoms with Gasteiger partial charge in [0.15, 0.2) is 0 Å². The van der Waals surface area contributed by atoms with Gasteiger partial charge in [0.2, 0.25) is 5.95 Å². The van der Waals surface area contributed by atoms with Crippen molar-refractivity contribution in [3.63, 3.8) is 0 Å². The summed E-state index contributed by atoms with van der Waals surface area (Å²) in [5.41, 5.74) is 4.56. The Morgan fingerprint density at radius 3 is 2.47 bits per heavy atom. The number of hydrogen-bond acceptors (Lipinski definition) is 8. The van der Waals surface area contributed by atoms with Crippen LogP contribution in [-0.2, 0) is 7.05 Å². The van der Waals surface area contributed by atoms with Crippen molar-refractivity contribution >= 4 is 34.0 Å². The van der Waals surface area contributed by atoms with E-state index in [2.05, 4.69) is 73.8 Å². The van der Waals surface area contributed by atoms with Crippen molar-refractivity contribution in [2.24, 2.45) is 7.05 Å². The average Bonchev–Trinajstić information content (AvgIpc) is 2.96. The molecule has 2 aliphatic rings. The topological polar surface area (TPSA) is 81.6 Å². The third-order valence-corrected chi connectivity index (χ3v) is 7.66. The van der Waals surface area contributed by atoms with Gasteiger partial charge in [0, 0.05) is 75.8 Å². The minimum Gasteiger partial charge on any atom is -0.369 e. The van der Waals surface area contributed by atoms with Crippen LogP contribution in [0.4, 0.5) is 23.0 Å².